The van der Waals surface area contributed by atoms with E-state index in [9.17, 15) is 4.79 Å². The van der Waals surface area contributed by atoms with Crippen molar-refractivity contribution in [2.24, 2.45) is 0 Å². The molecule has 0 atom stereocenters. The van der Waals surface area contributed by atoms with Gasteiger partial charge in [-0.25, -0.2) is 0 Å². The van der Waals surface area contributed by atoms with Gasteiger partial charge in [0.1, 0.15) is 5.75 Å². The van der Waals surface area contributed by atoms with Crippen LogP contribution in [-0.4, -0.2) is 29.7 Å². The molecular weight excluding hydrogens is 282 g/mol. The molecule has 0 radical (unpaired) electrons. The topological polar surface area (TPSA) is 77.2 Å². The lowest BCUT2D eigenvalue weighted by molar-refractivity contribution is -0.121. The number of unbranched alkanes of at least 4 members (excludes halogenated alkanes) is 1. The largest absolute Gasteiger partial charge is 0.497 e. The van der Waals surface area contributed by atoms with Crippen molar-refractivity contribution in [1.82, 2.24) is 15.5 Å². The monoisotopic (exact) mass is 303 g/mol. The maximum absolute atomic E-state index is 11.5. The first-order chi connectivity index (χ1) is 10.7. The summed E-state index contributed by atoms with van der Waals surface area (Å²) in [5.41, 5.74) is 0.835. The first-order valence-corrected chi connectivity index (χ1v) is 7.46. The van der Waals surface area contributed by atoms with Crippen LogP contribution in [0.1, 0.15) is 32.1 Å². The van der Waals surface area contributed by atoms with E-state index in [2.05, 4.69) is 22.4 Å². The van der Waals surface area contributed by atoms with E-state index in [-0.39, 0.29) is 5.91 Å². The average molecular weight is 303 g/mol. The van der Waals surface area contributed by atoms with Gasteiger partial charge in [-0.05, 0) is 18.6 Å². The fourth-order valence-electron chi connectivity index (χ4n) is 1.97. The third-order valence-corrected chi connectivity index (χ3v) is 3.21. The van der Waals surface area contributed by atoms with Crippen molar-refractivity contribution in [2.75, 3.05) is 13.7 Å². The molecule has 0 bridgehead atoms. The van der Waals surface area contributed by atoms with Crippen LogP contribution in [-0.2, 0) is 11.2 Å². The Bertz CT molecular complexity index is 610. The molecule has 0 aliphatic carbocycles. The van der Waals surface area contributed by atoms with Crippen LogP contribution in [0.25, 0.3) is 11.4 Å². The SMILES string of the molecule is CCCCC(=O)NCCc1nc(-c2cccc(OC)c2)no1. The van der Waals surface area contributed by atoms with E-state index in [4.69, 9.17) is 9.26 Å². The van der Waals surface area contributed by atoms with Gasteiger partial charge < -0.3 is 14.6 Å². The highest BCUT2D eigenvalue weighted by Gasteiger charge is 2.09. The lowest BCUT2D eigenvalue weighted by Crippen LogP contribution is -2.25. The molecule has 22 heavy (non-hydrogen) atoms. The number of amides is 1. The zero-order valence-corrected chi connectivity index (χ0v) is 13.0. The molecule has 0 saturated heterocycles. The molecule has 1 N–H and O–H groups in total. The standard InChI is InChI=1S/C16H21N3O3/c1-3-4-8-14(20)17-10-9-15-18-16(19-22-15)12-6-5-7-13(11-12)21-2/h5-7,11H,3-4,8-10H2,1-2H3,(H,17,20). The molecule has 1 heterocycles. The zero-order valence-electron chi connectivity index (χ0n) is 13.0. The number of rotatable bonds is 8. The molecule has 0 saturated carbocycles. The molecule has 1 amide bonds. The van der Waals surface area contributed by atoms with E-state index < -0.39 is 0 Å². The van der Waals surface area contributed by atoms with Gasteiger partial charge in [0.15, 0.2) is 0 Å². The minimum Gasteiger partial charge on any atom is -0.497 e. The molecule has 2 rings (SSSR count). The molecule has 1 aromatic heterocycles. The van der Waals surface area contributed by atoms with Crippen LogP contribution in [0.3, 0.4) is 0 Å². The first-order valence-electron chi connectivity index (χ1n) is 7.46. The molecule has 0 spiro atoms. The summed E-state index contributed by atoms with van der Waals surface area (Å²) in [7, 11) is 1.61. The lowest BCUT2D eigenvalue weighted by atomic mass is 10.2. The van der Waals surface area contributed by atoms with Crippen LogP contribution in [0.15, 0.2) is 28.8 Å². The predicted molar refractivity (Wildman–Crippen MR) is 82.5 cm³/mol. The second kappa shape index (κ2) is 8.17. The Balaban J connectivity index is 1.87. The Kier molecular flexibility index (Phi) is 5.94. The van der Waals surface area contributed by atoms with Gasteiger partial charge in [-0.1, -0.05) is 30.6 Å². The highest BCUT2D eigenvalue weighted by atomic mass is 16.5. The Labute approximate surface area is 129 Å². The predicted octanol–water partition coefficient (Wildman–Crippen LogP) is 2.59. The summed E-state index contributed by atoms with van der Waals surface area (Å²) < 4.78 is 10.4. The Morgan fingerprint density at radius 3 is 3.05 bits per heavy atom. The minimum atomic E-state index is 0.0642. The smallest absolute Gasteiger partial charge is 0.228 e. The van der Waals surface area contributed by atoms with Crippen LogP contribution in [0, 0.1) is 0 Å². The van der Waals surface area contributed by atoms with Gasteiger partial charge in [0.05, 0.1) is 7.11 Å². The normalized spacial score (nSPS) is 10.5. The van der Waals surface area contributed by atoms with E-state index >= 15 is 0 Å². The summed E-state index contributed by atoms with van der Waals surface area (Å²) in [4.78, 5) is 15.8. The summed E-state index contributed by atoms with van der Waals surface area (Å²) >= 11 is 0. The molecule has 2 aromatic rings. The molecule has 0 fully saturated rings. The first kappa shape index (κ1) is 16.0. The Hall–Kier alpha value is -2.37. The van der Waals surface area contributed by atoms with Crippen LogP contribution < -0.4 is 10.1 Å². The number of benzene rings is 1. The van der Waals surface area contributed by atoms with Crippen molar-refractivity contribution in [2.45, 2.75) is 32.6 Å². The van der Waals surface area contributed by atoms with E-state index in [0.717, 1.165) is 24.2 Å². The van der Waals surface area contributed by atoms with Gasteiger partial charge in [0.25, 0.3) is 0 Å². The summed E-state index contributed by atoms with van der Waals surface area (Å²) in [5, 5.41) is 6.80. The summed E-state index contributed by atoms with van der Waals surface area (Å²) in [6.45, 7) is 2.56. The van der Waals surface area contributed by atoms with Gasteiger partial charge in [-0.3, -0.25) is 4.79 Å². The van der Waals surface area contributed by atoms with Gasteiger partial charge in [-0.2, -0.15) is 4.98 Å². The summed E-state index contributed by atoms with van der Waals surface area (Å²) in [6, 6.07) is 7.47. The van der Waals surface area contributed by atoms with Crippen molar-refractivity contribution in [1.29, 1.82) is 0 Å². The van der Waals surface area contributed by atoms with Crippen molar-refractivity contribution in [3.63, 3.8) is 0 Å². The van der Waals surface area contributed by atoms with Gasteiger partial charge in [-0.15, -0.1) is 0 Å². The number of nitrogens with one attached hydrogen (secondary N) is 1. The maximum Gasteiger partial charge on any atom is 0.228 e. The van der Waals surface area contributed by atoms with E-state index in [1.165, 1.54) is 0 Å². The third-order valence-electron chi connectivity index (χ3n) is 3.21. The molecule has 0 aliphatic rings. The van der Waals surface area contributed by atoms with Gasteiger partial charge in [0, 0.05) is 24.9 Å². The van der Waals surface area contributed by atoms with Crippen molar-refractivity contribution in [3.8, 4) is 17.1 Å². The number of aromatic nitrogens is 2. The second-order valence-electron chi connectivity index (χ2n) is 4.95. The molecule has 6 nitrogen and oxygen atoms in total. The molecule has 6 heteroatoms. The lowest BCUT2D eigenvalue weighted by Gasteiger charge is -2.01. The molecule has 0 aliphatic heterocycles. The number of methoxy groups -OCH3 is 1. The number of hydrogen-bond acceptors (Lipinski definition) is 5. The van der Waals surface area contributed by atoms with Crippen LogP contribution in [0.2, 0.25) is 0 Å². The van der Waals surface area contributed by atoms with E-state index in [1.807, 2.05) is 24.3 Å². The van der Waals surface area contributed by atoms with Crippen molar-refractivity contribution < 1.29 is 14.1 Å². The number of carbonyl (C=O) groups is 1. The highest BCUT2D eigenvalue weighted by Crippen LogP contribution is 2.21. The maximum atomic E-state index is 11.5. The fourth-order valence-corrected chi connectivity index (χ4v) is 1.97. The number of nitrogens with zero attached hydrogens (tertiary/aromatic N) is 2. The summed E-state index contributed by atoms with van der Waals surface area (Å²) in [6.07, 6.45) is 3.01. The average Bonchev–Trinajstić information content (AvgIpc) is 3.02. The van der Waals surface area contributed by atoms with Crippen molar-refractivity contribution >= 4 is 5.91 Å². The third kappa shape index (κ3) is 4.58. The zero-order chi connectivity index (χ0) is 15.8. The second-order valence-corrected chi connectivity index (χ2v) is 4.95. The van der Waals surface area contributed by atoms with Gasteiger partial charge >= 0.3 is 0 Å². The number of ether oxygens (including phenoxy) is 1. The van der Waals surface area contributed by atoms with Crippen LogP contribution in [0.4, 0.5) is 0 Å². The molecule has 118 valence electrons. The quantitative estimate of drug-likeness (QED) is 0.811. The van der Waals surface area contributed by atoms with Gasteiger partial charge in [0.2, 0.25) is 17.6 Å². The highest BCUT2D eigenvalue weighted by molar-refractivity contribution is 5.75. The number of carbonyl (C=O) groups excluding carboxylic acids is 1. The van der Waals surface area contributed by atoms with Crippen molar-refractivity contribution in [3.05, 3.63) is 30.2 Å². The van der Waals surface area contributed by atoms with Crippen LogP contribution >= 0.6 is 0 Å². The summed E-state index contributed by atoms with van der Waals surface area (Å²) in [5.74, 6) is 1.83. The fraction of sp³-hybridized carbons (Fsp3) is 0.438. The van der Waals surface area contributed by atoms with E-state index in [1.54, 1.807) is 7.11 Å². The molecule has 1 aromatic carbocycles. The number of hydrogen-bond donors (Lipinski definition) is 1. The minimum absolute atomic E-state index is 0.0642. The van der Waals surface area contributed by atoms with E-state index in [0.29, 0.717) is 31.1 Å². The molecule has 0 unspecified atom stereocenters. The van der Waals surface area contributed by atoms with Crippen LogP contribution in [0.5, 0.6) is 5.75 Å². The Morgan fingerprint density at radius 1 is 1.41 bits per heavy atom. The molecular formula is C16H21N3O3. The Morgan fingerprint density at radius 2 is 2.27 bits per heavy atom.